The van der Waals surface area contributed by atoms with E-state index in [0.29, 0.717) is 0 Å². The predicted octanol–water partition coefficient (Wildman–Crippen LogP) is 5.17. The minimum absolute atomic E-state index is 0.0867. The summed E-state index contributed by atoms with van der Waals surface area (Å²) in [5.74, 6) is -2.76. The monoisotopic (exact) mass is 476 g/mol. The average molecular weight is 477 g/mol. The Hall–Kier alpha value is -4.20. The number of amides is 2. The van der Waals surface area contributed by atoms with E-state index < -0.39 is 29.3 Å². The number of hydrogen-bond donors (Lipinski definition) is 3. The first-order valence-electron chi connectivity index (χ1n) is 11.1. The summed E-state index contributed by atoms with van der Waals surface area (Å²) in [6.45, 7) is 3.44. The summed E-state index contributed by atoms with van der Waals surface area (Å²) in [7, 11) is 0. The normalized spacial score (nSPS) is 12.4. The van der Waals surface area contributed by atoms with Crippen molar-refractivity contribution in [3.05, 3.63) is 89.2 Å². The molecule has 7 nitrogen and oxygen atoms in total. The van der Waals surface area contributed by atoms with Crippen molar-refractivity contribution < 1.29 is 28.6 Å². The summed E-state index contributed by atoms with van der Waals surface area (Å²) < 4.78 is 19.6. The first-order valence-corrected chi connectivity index (χ1v) is 11.1. The van der Waals surface area contributed by atoms with Crippen molar-refractivity contribution in [2.75, 3.05) is 11.9 Å². The Morgan fingerprint density at radius 1 is 0.971 bits per heavy atom. The molecule has 0 radical (unpaired) electrons. The van der Waals surface area contributed by atoms with Crippen molar-refractivity contribution >= 4 is 23.7 Å². The standard InChI is InChI=1S/C27H25FN2O5/c1-27(2,14-24(31)29-23-12-11-16(25(32)33)13-22(23)28)30-26(34)35-15-21-19-9-5-3-7-17(19)18-8-4-6-10-20(18)21/h3-13,21H,14-15H2,1-2H3,(H,29,31)(H,30,34)(H,32,33). The van der Waals surface area contributed by atoms with Crippen LogP contribution in [0.1, 0.15) is 47.7 Å². The number of rotatable bonds is 7. The maximum absolute atomic E-state index is 14.1. The van der Waals surface area contributed by atoms with Crippen molar-refractivity contribution in [3.8, 4) is 11.1 Å². The van der Waals surface area contributed by atoms with Crippen LogP contribution in [0.4, 0.5) is 14.9 Å². The number of carboxylic acids is 1. The molecule has 3 aromatic rings. The van der Waals surface area contributed by atoms with E-state index in [9.17, 15) is 18.8 Å². The molecule has 8 heteroatoms. The highest BCUT2D eigenvalue weighted by atomic mass is 19.1. The molecule has 0 fully saturated rings. The molecule has 0 aromatic heterocycles. The van der Waals surface area contributed by atoms with E-state index in [1.165, 1.54) is 12.1 Å². The number of carbonyl (C=O) groups excluding carboxylic acids is 2. The van der Waals surface area contributed by atoms with Gasteiger partial charge in [-0.2, -0.15) is 0 Å². The zero-order valence-corrected chi connectivity index (χ0v) is 19.3. The van der Waals surface area contributed by atoms with Crippen LogP contribution in [-0.4, -0.2) is 35.2 Å². The molecule has 0 atom stereocenters. The zero-order valence-electron chi connectivity index (χ0n) is 19.3. The molecule has 1 aliphatic rings. The summed E-state index contributed by atoms with van der Waals surface area (Å²) in [5, 5.41) is 14.0. The summed E-state index contributed by atoms with van der Waals surface area (Å²) in [6.07, 6.45) is -0.821. The molecule has 0 unspecified atom stereocenters. The maximum atomic E-state index is 14.1. The van der Waals surface area contributed by atoms with Crippen LogP contribution >= 0.6 is 0 Å². The molecule has 0 bridgehead atoms. The molecule has 3 N–H and O–H groups in total. The Labute approximate surface area is 201 Å². The maximum Gasteiger partial charge on any atom is 0.407 e. The van der Waals surface area contributed by atoms with Gasteiger partial charge in [-0.3, -0.25) is 4.79 Å². The third kappa shape index (κ3) is 5.32. The number of carbonyl (C=O) groups is 3. The van der Waals surface area contributed by atoms with Crippen molar-refractivity contribution in [3.63, 3.8) is 0 Å². The Kier molecular flexibility index (Phi) is 6.55. The number of halogens is 1. The number of nitrogens with one attached hydrogen (secondary N) is 2. The number of ether oxygens (including phenoxy) is 1. The van der Waals surface area contributed by atoms with Crippen LogP contribution in [0.5, 0.6) is 0 Å². The van der Waals surface area contributed by atoms with Crippen LogP contribution in [0.3, 0.4) is 0 Å². The van der Waals surface area contributed by atoms with E-state index in [1.807, 2.05) is 48.5 Å². The van der Waals surface area contributed by atoms with Crippen molar-refractivity contribution in [1.29, 1.82) is 0 Å². The van der Waals surface area contributed by atoms with Gasteiger partial charge in [0.25, 0.3) is 0 Å². The molecule has 35 heavy (non-hydrogen) atoms. The second-order valence-electron chi connectivity index (χ2n) is 9.06. The Morgan fingerprint density at radius 2 is 1.57 bits per heavy atom. The lowest BCUT2D eigenvalue weighted by Gasteiger charge is -2.26. The number of alkyl carbamates (subject to hydrolysis) is 1. The summed E-state index contributed by atoms with van der Waals surface area (Å²) in [6, 6.07) is 19.2. The highest BCUT2D eigenvalue weighted by molar-refractivity contribution is 5.93. The highest BCUT2D eigenvalue weighted by Gasteiger charge is 2.30. The summed E-state index contributed by atoms with van der Waals surface area (Å²) >= 11 is 0. The van der Waals surface area contributed by atoms with Crippen LogP contribution in [0.2, 0.25) is 0 Å². The number of aromatic carboxylic acids is 1. The van der Waals surface area contributed by atoms with Crippen LogP contribution in [0, 0.1) is 5.82 Å². The van der Waals surface area contributed by atoms with Crippen molar-refractivity contribution in [1.82, 2.24) is 5.32 Å². The fourth-order valence-electron chi connectivity index (χ4n) is 4.30. The average Bonchev–Trinajstić information content (AvgIpc) is 3.12. The number of hydrogen-bond acceptors (Lipinski definition) is 4. The molecule has 2 amide bonds. The first kappa shape index (κ1) is 23.9. The van der Waals surface area contributed by atoms with Gasteiger partial charge in [0.15, 0.2) is 0 Å². The Balaban J connectivity index is 1.34. The largest absolute Gasteiger partial charge is 0.478 e. The smallest absolute Gasteiger partial charge is 0.407 e. The van der Waals surface area contributed by atoms with Gasteiger partial charge >= 0.3 is 12.1 Å². The van der Waals surface area contributed by atoms with E-state index in [0.717, 1.165) is 28.3 Å². The SMILES string of the molecule is CC(C)(CC(=O)Nc1ccc(C(=O)O)cc1F)NC(=O)OCC1c2ccccc2-c2ccccc21. The van der Waals surface area contributed by atoms with Gasteiger partial charge in [0, 0.05) is 17.9 Å². The minimum atomic E-state index is -1.27. The molecule has 4 rings (SSSR count). The highest BCUT2D eigenvalue weighted by Crippen LogP contribution is 2.44. The van der Waals surface area contributed by atoms with Crippen LogP contribution in [-0.2, 0) is 9.53 Å². The third-order valence-corrected chi connectivity index (χ3v) is 5.88. The van der Waals surface area contributed by atoms with Gasteiger partial charge in [-0.1, -0.05) is 48.5 Å². The number of carboxylic acid groups (broad SMARTS) is 1. The topological polar surface area (TPSA) is 105 Å². The van der Waals surface area contributed by atoms with Crippen LogP contribution < -0.4 is 10.6 Å². The van der Waals surface area contributed by atoms with Gasteiger partial charge in [0.1, 0.15) is 12.4 Å². The molecule has 0 aliphatic heterocycles. The molecule has 0 saturated carbocycles. The second kappa shape index (κ2) is 9.58. The van der Waals surface area contributed by atoms with Gasteiger partial charge < -0.3 is 20.5 Å². The van der Waals surface area contributed by atoms with E-state index in [4.69, 9.17) is 9.84 Å². The van der Waals surface area contributed by atoms with E-state index in [-0.39, 0.29) is 30.2 Å². The van der Waals surface area contributed by atoms with Crippen LogP contribution in [0.25, 0.3) is 11.1 Å². The predicted molar refractivity (Wildman–Crippen MR) is 129 cm³/mol. The van der Waals surface area contributed by atoms with Crippen molar-refractivity contribution in [2.24, 2.45) is 0 Å². The molecule has 0 saturated heterocycles. The molecule has 180 valence electrons. The van der Waals surface area contributed by atoms with E-state index in [2.05, 4.69) is 10.6 Å². The lowest BCUT2D eigenvalue weighted by atomic mass is 9.98. The number of fused-ring (bicyclic) bond motifs is 3. The quantitative estimate of drug-likeness (QED) is 0.436. The van der Waals surface area contributed by atoms with E-state index >= 15 is 0 Å². The minimum Gasteiger partial charge on any atom is -0.478 e. The number of benzene rings is 3. The van der Waals surface area contributed by atoms with Gasteiger partial charge in [0.2, 0.25) is 5.91 Å². The second-order valence-corrected chi connectivity index (χ2v) is 9.06. The fraction of sp³-hybridized carbons (Fsp3) is 0.222. The lowest BCUT2D eigenvalue weighted by Crippen LogP contribution is -2.46. The van der Waals surface area contributed by atoms with Crippen LogP contribution in [0.15, 0.2) is 66.7 Å². The molecule has 0 heterocycles. The van der Waals surface area contributed by atoms with E-state index in [1.54, 1.807) is 13.8 Å². The third-order valence-electron chi connectivity index (χ3n) is 5.88. The Morgan fingerprint density at radius 3 is 2.14 bits per heavy atom. The van der Waals surface area contributed by atoms with Gasteiger partial charge in [-0.15, -0.1) is 0 Å². The molecule has 3 aromatic carbocycles. The molecule has 0 spiro atoms. The Bertz CT molecular complexity index is 1260. The zero-order chi connectivity index (χ0) is 25.2. The molecule has 1 aliphatic carbocycles. The van der Waals surface area contributed by atoms with Crippen molar-refractivity contribution in [2.45, 2.75) is 31.7 Å². The lowest BCUT2D eigenvalue weighted by molar-refractivity contribution is -0.117. The molecular formula is C27H25FN2O5. The summed E-state index contributed by atoms with van der Waals surface area (Å²) in [5.41, 5.74) is 3.08. The van der Waals surface area contributed by atoms with Gasteiger partial charge in [-0.05, 0) is 54.3 Å². The fourth-order valence-corrected chi connectivity index (χ4v) is 4.30. The van der Waals surface area contributed by atoms with Gasteiger partial charge in [0.05, 0.1) is 11.3 Å². The number of anilines is 1. The molecular weight excluding hydrogens is 451 g/mol. The summed E-state index contributed by atoms with van der Waals surface area (Å²) in [4.78, 5) is 35.9. The first-order chi connectivity index (χ1) is 16.6. The van der Waals surface area contributed by atoms with Gasteiger partial charge in [-0.25, -0.2) is 14.0 Å².